The minimum atomic E-state index is -0.207. The molecule has 1 heterocycles. The number of hydrogen-bond acceptors (Lipinski definition) is 5. The second kappa shape index (κ2) is 10.8. The third-order valence-corrected chi connectivity index (χ3v) is 5.50. The van der Waals surface area contributed by atoms with Crippen LogP contribution >= 0.6 is 11.8 Å². The summed E-state index contributed by atoms with van der Waals surface area (Å²) in [5.41, 5.74) is 2.08. The molecular formula is C23H27N5O2S. The van der Waals surface area contributed by atoms with Gasteiger partial charge in [0.25, 0.3) is 5.91 Å². The third kappa shape index (κ3) is 6.42. The maximum Gasteiger partial charge on any atom is 0.253 e. The van der Waals surface area contributed by atoms with Crippen LogP contribution < -0.4 is 10.6 Å². The van der Waals surface area contributed by atoms with Crippen molar-refractivity contribution in [2.75, 3.05) is 17.6 Å². The van der Waals surface area contributed by atoms with Crippen molar-refractivity contribution in [3.05, 3.63) is 71.5 Å². The summed E-state index contributed by atoms with van der Waals surface area (Å²) in [6, 6.07) is 17.1. The van der Waals surface area contributed by atoms with Crippen molar-refractivity contribution >= 4 is 29.3 Å². The highest BCUT2D eigenvalue weighted by molar-refractivity contribution is 7.99. The minimum Gasteiger partial charge on any atom is -0.352 e. The molecule has 0 saturated heterocycles. The van der Waals surface area contributed by atoms with Crippen LogP contribution in [0.2, 0.25) is 0 Å². The van der Waals surface area contributed by atoms with Gasteiger partial charge in [-0.2, -0.15) is 0 Å². The summed E-state index contributed by atoms with van der Waals surface area (Å²) >= 11 is 1.32. The lowest BCUT2D eigenvalue weighted by molar-refractivity contribution is -0.113. The van der Waals surface area contributed by atoms with E-state index in [1.807, 2.05) is 55.7 Å². The number of carbonyl (C=O) groups excluding carboxylic acids is 2. The quantitative estimate of drug-likeness (QED) is 0.498. The predicted molar refractivity (Wildman–Crippen MR) is 123 cm³/mol. The molecule has 0 saturated carbocycles. The Labute approximate surface area is 186 Å². The minimum absolute atomic E-state index is 0.162. The van der Waals surface area contributed by atoms with E-state index in [0.717, 1.165) is 11.4 Å². The summed E-state index contributed by atoms with van der Waals surface area (Å²) in [6.45, 7) is 7.18. The molecule has 0 aliphatic rings. The number of aromatic nitrogens is 3. The number of benzene rings is 2. The van der Waals surface area contributed by atoms with E-state index in [9.17, 15) is 9.59 Å². The molecule has 3 aromatic rings. The Balaban J connectivity index is 1.62. The third-order valence-electron chi connectivity index (χ3n) is 4.53. The van der Waals surface area contributed by atoms with Crippen LogP contribution in [0.3, 0.4) is 0 Å². The van der Waals surface area contributed by atoms with E-state index in [1.165, 1.54) is 11.8 Å². The van der Waals surface area contributed by atoms with E-state index in [2.05, 4.69) is 20.8 Å². The number of nitrogens with one attached hydrogen (secondary N) is 2. The number of hydrogen-bond donors (Lipinski definition) is 2. The first-order valence-corrected chi connectivity index (χ1v) is 11.2. The molecule has 1 aromatic heterocycles. The molecule has 0 radical (unpaired) electrons. The number of rotatable bonds is 9. The van der Waals surface area contributed by atoms with Crippen LogP contribution in [0.1, 0.15) is 35.6 Å². The SMILES string of the molecule is Cc1nnc(SCC(=O)Nc2ccccc2C(=O)NCC(C)C)n1Cc1ccccc1. The lowest BCUT2D eigenvalue weighted by Gasteiger charge is -2.12. The van der Waals surface area contributed by atoms with Crippen LogP contribution in [0.5, 0.6) is 0 Å². The molecule has 7 nitrogen and oxygen atoms in total. The van der Waals surface area contributed by atoms with Crippen molar-refractivity contribution in [1.82, 2.24) is 20.1 Å². The monoisotopic (exact) mass is 437 g/mol. The van der Waals surface area contributed by atoms with Crippen LogP contribution in [-0.2, 0) is 11.3 Å². The first kappa shape index (κ1) is 22.6. The number of para-hydroxylation sites is 1. The number of thioether (sulfide) groups is 1. The van der Waals surface area contributed by atoms with Gasteiger partial charge in [-0.05, 0) is 30.5 Å². The molecule has 0 fully saturated rings. The van der Waals surface area contributed by atoms with E-state index in [0.29, 0.717) is 35.4 Å². The fraction of sp³-hybridized carbons (Fsp3) is 0.304. The van der Waals surface area contributed by atoms with Crippen LogP contribution in [0.15, 0.2) is 59.8 Å². The summed E-state index contributed by atoms with van der Waals surface area (Å²) in [5, 5.41) is 14.8. The van der Waals surface area contributed by atoms with Crippen molar-refractivity contribution in [2.24, 2.45) is 5.92 Å². The van der Waals surface area contributed by atoms with Crippen LogP contribution in [0.4, 0.5) is 5.69 Å². The van der Waals surface area contributed by atoms with Crippen molar-refractivity contribution < 1.29 is 9.59 Å². The Kier molecular flexibility index (Phi) is 7.83. The first-order chi connectivity index (χ1) is 14.9. The molecule has 2 N–H and O–H groups in total. The van der Waals surface area contributed by atoms with Gasteiger partial charge in [-0.25, -0.2) is 0 Å². The largest absolute Gasteiger partial charge is 0.352 e. The highest BCUT2D eigenvalue weighted by Crippen LogP contribution is 2.20. The van der Waals surface area contributed by atoms with Gasteiger partial charge in [0.05, 0.1) is 23.5 Å². The zero-order chi connectivity index (χ0) is 22.2. The van der Waals surface area contributed by atoms with Gasteiger partial charge in [-0.15, -0.1) is 10.2 Å². The average Bonchev–Trinajstić information content (AvgIpc) is 3.11. The molecule has 0 bridgehead atoms. The number of carbonyl (C=O) groups is 2. The summed E-state index contributed by atoms with van der Waals surface area (Å²) in [5.74, 6) is 0.892. The van der Waals surface area contributed by atoms with Crippen molar-refractivity contribution in [1.29, 1.82) is 0 Å². The standard InChI is InChI=1S/C23H27N5O2S/c1-16(2)13-24-22(30)19-11-7-8-12-20(19)25-21(29)15-31-23-27-26-17(3)28(23)14-18-9-5-4-6-10-18/h4-12,16H,13-15H2,1-3H3,(H,24,30)(H,25,29). The Morgan fingerprint density at radius 3 is 2.48 bits per heavy atom. The van der Waals surface area contributed by atoms with Gasteiger partial charge in [0.1, 0.15) is 5.82 Å². The van der Waals surface area contributed by atoms with E-state index in [-0.39, 0.29) is 17.6 Å². The first-order valence-electron chi connectivity index (χ1n) is 10.2. The van der Waals surface area contributed by atoms with Crippen molar-refractivity contribution in [3.8, 4) is 0 Å². The molecule has 162 valence electrons. The zero-order valence-corrected chi connectivity index (χ0v) is 18.8. The number of anilines is 1. The van der Waals surface area contributed by atoms with Crippen LogP contribution in [0.25, 0.3) is 0 Å². The molecule has 0 unspecified atom stereocenters. The second-order valence-electron chi connectivity index (χ2n) is 7.59. The zero-order valence-electron chi connectivity index (χ0n) is 18.0. The van der Waals surface area contributed by atoms with Gasteiger partial charge in [0, 0.05) is 6.54 Å². The Morgan fingerprint density at radius 2 is 1.74 bits per heavy atom. The van der Waals surface area contributed by atoms with E-state index >= 15 is 0 Å². The van der Waals surface area contributed by atoms with E-state index in [1.54, 1.807) is 24.3 Å². The normalized spacial score (nSPS) is 10.8. The molecule has 0 spiro atoms. The maximum absolute atomic E-state index is 12.6. The molecule has 8 heteroatoms. The number of aryl methyl sites for hydroxylation is 1. The second-order valence-corrected chi connectivity index (χ2v) is 8.53. The maximum atomic E-state index is 12.6. The molecule has 0 aliphatic carbocycles. The molecule has 3 rings (SSSR count). The summed E-state index contributed by atoms with van der Waals surface area (Å²) < 4.78 is 1.99. The lowest BCUT2D eigenvalue weighted by atomic mass is 10.1. The highest BCUT2D eigenvalue weighted by Gasteiger charge is 2.15. The van der Waals surface area contributed by atoms with Crippen LogP contribution in [0, 0.1) is 12.8 Å². The molecule has 2 aromatic carbocycles. The summed E-state index contributed by atoms with van der Waals surface area (Å²) in [6.07, 6.45) is 0. The Hall–Kier alpha value is -3.13. The smallest absolute Gasteiger partial charge is 0.253 e. The summed E-state index contributed by atoms with van der Waals surface area (Å²) in [7, 11) is 0. The molecule has 0 atom stereocenters. The fourth-order valence-corrected chi connectivity index (χ4v) is 3.70. The summed E-state index contributed by atoms with van der Waals surface area (Å²) in [4.78, 5) is 25.0. The van der Waals surface area contributed by atoms with Gasteiger partial charge in [0.2, 0.25) is 5.91 Å². The topological polar surface area (TPSA) is 88.9 Å². The highest BCUT2D eigenvalue weighted by atomic mass is 32.2. The van der Waals surface area contributed by atoms with Gasteiger partial charge in [-0.1, -0.05) is 68.1 Å². The molecular weight excluding hydrogens is 410 g/mol. The number of amides is 2. The van der Waals surface area contributed by atoms with Gasteiger partial charge in [-0.3, -0.25) is 9.59 Å². The lowest BCUT2D eigenvalue weighted by Crippen LogP contribution is -2.28. The molecule has 31 heavy (non-hydrogen) atoms. The fourth-order valence-electron chi connectivity index (χ4n) is 2.91. The van der Waals surface area contributed by atoms with Crippen molar-refractivity contribution in [2.45, 2.75) is 32.5 Å². The Morgan fingerprint density at radius 1 is 1.03 bits per heavy atom. The van der Waals surface area contributed by atoms with Crippen LogP contribution in [-0.4, -0.2) is 38.9 Å². The Bertz CT molecular complexity index is 1030. The van der Waals surface area contributed by atoms with E-state index < -0.39 is 0 Å². The van der Waals surface area contributed by atoms with Crippen molar-refractivity contribution in [3.63, 3.8) is 0 Å². The molecule has 0 aliphatic heterocycles. The average molecular weight is 438 g/mol. The van der Waals surface area contributed by atoms with Gasteiger partial charge in [0.15, 0.2) is 5.16 Å². The van der Waals surface area contributed by atoms with Gasteiger partial charge < -0.3 is 15.2 Å². The predicted octanol–water partition coefficient (Wildman–Crippen LogP) is 3.75. The van der Waals surface area contributed by atoms with E-state index in [4.69, 9.17) is 0 Å². The molecule has 2 amide bonds. The van der Waals surface area contributed by atoms with Gasteiger partial charge >= 0.3 is 0 Å². The number of nitrogens with zero attached hydrogens (tertiary/aromatic N) is 3.